The van der Waals surface area contributed by atoms with E-state index in [1.54, 1.807) is 0 Å². The van der Waals surface area contributed by atoms with E-state index in [2.05, 4.69) is 8.83 Å². The van der Waals surface area contributed by atoms with Gasteiger partial charge in [-0.3, -0.25) is 4.79 Å². The predicted molar refractivity (Wildman–Crippen MR) is 50.0 cm³/mol. The van der Waals surface area contributed by atoms with Crippen LogP contribution >= 0.6 is 0 Å². The molecule has 0 aliphatic heterocycles. The van der Waals surface area contributed by atoms with Crippen LogP contribution < -0.4 is 0 Å². The SMILES string of the molecule is O=Cc1cc(F)co1.OCc1cc(F)co1.[O]=[Mn]=[O]. The first kappa shape index (κ1) is 17.2. The van der Waals surface area contributed by atoms with Crippen LogP contribution in [0.2, 0.25) is 0 Å². The Morgan fingerprint density at radius 3 is 1.89 bits per heavy atom. The van der Waals surface area contributed by atoms with Crippen molar-refractivity contribution in [1.29, 1.82) is 0 Å². The summed E-state index contributed by atoms with van der Waals surface area (Å²) < 4.78 is 49.4. The zero-order valence-corrected chi connectivity index (χ0v) is 10.4. The minimum absolute atomic E-state index is 0.0162. The summed E-state index contributed by atoms with van der Waals surface area (Å²) in [5, 5.41) is 8.29. The van der Waals surface area contributed by atoms with Gasteiger partial charge in [-0.2, -0.15) is 0 Å². The van der Waals surface area contributed by atoms with Crippen LogP contribution in [0.15, 0.2) is 33.5 Å². The monoisotopic (exact) mass is 317 g/mol. The third kappa shape index (κ3) is 7.98. The second-order valence-corrected chi connectivity index (χ2v) is 2.93. The first-order chi connectivity index (χ1) is 9.07. The topological polar surface area (TPSA) is 97.7 Å². The van der Waals surface area contributed by atoms with Crippen molar-refractivity contribution in [3.05, 3.63) is 47.8 Å². The summed E-state index contributed by atoms with van der Waals surface area (Å²) in [6.07, 6.45) is 2.28. The zero-order valence-electron chi connectivity index (χ0n) is 9.22. The molecule has 0 bridgehead atoms. The molecular formula is C10H8F2MnO6. The van der Waals surface area contributed by atoms with Crippen molar-refractivity contribution in [1.82, 2.24) is 0 Å². The van der Waals surface area contributed by atoms with E-state index in [4.69, 9.17) is 12.8 Å². The third-order valence-electron chi connectivity index (χ3n) is 1.48. The standard InChI is InChI=1S/C5H5FO2.C5H3FO2.Mn.2O/c2*6-4-1-5(2-7)8-3-4;;;/h1,3,7H,2H2;1-3H;;;. The maximum absolute atomic E-state index is 11.9. The Morgan fingerprint density at radius 2 is 1.68 bits per heavy atom. The number of aldehydes is 1. The number of halogens is 2. The van der Waals surface area contributed by atoms with Gasteiger partial charge in [0.25, 0.3) is 0 Å². The molecule has 0 saturated heterocycles. The van der Waals surface area contributed by atoms with Crippen molar-refractivity contribution >= 4 is 6.29 Å². The van der Waals surface area contributed by atoms with Gasteiger partial charge in [-0.1, -0.05) is 0 Å². The quantitative estimate of drug-likeness (QED) is 0.671. The van der Waals surface area contributed by atoms with Gasteiger partial charge in [0.05, 0.1) is 0 Å². The summed E-state index contributed by atoms with van der Waals surface area (Å²) in [5.74, 6) is -0.703. The summed E-state index contributed by atoms with van der Waals surface area (Å²) in [6, 6.07) is 2.16. The van der Waals surface area contributed by atoms with Crippen LogP contribution in [-0.2, 0) is 29.1 Å². The number of rotatable bonds is 2. The van der Waals surface area contributed by atoms with Gasteiger partial charge in [-0.05, 0) is 0 Å². The molecule has 105 valence electrons. The summed E-state index contributed by atoms with van der Waals surface area (Å²) in [5.41, 5.74) is 0. The molecule has 1 N–H and O–H groups in total. The molecule has 0 aromatic carbocycles. The first-order valence-corrected chi connectivity index (χ1v) is 5.46. The van der Waals surface area contributed by atoms with Crippen LogP contribution in [0.1, 0.15) is 16.3 Å². The number of aliphatic hydroxyl groups is 1. The Bertz CT molecular complexity index is 530. The molecule has 0 spiro atoms. The molecule has 0 aliphatic rings. The normalized spacial score (nSPS) is 8.58. The fraction of sp³-hybridized carbons (Fsp3) is 0.100. The number of carbonyl (C=O) groups excluding carboxylic acids is 1. The average molecular weight is 317 g/mol. The molecule has 19 heavy (non-hydrogen) atoms. The van der Waals surface area contributed by atoms with Gasteiger partial charge < -0.3 is 13.9 Å². The molecule has 0 atom stereocenters. The molecule has 2 aromatic heterocycles. The van der Waals surface area contributed by atoms with Crippen molar-refractivity contribution in [2.75, 3.05) is 0 Å². The van der Waals surface area contributed by atoms with Gasteiger partial charge in [0.2, 0.25) is 0 Å². The summed E-state index contributed by atoms with van der Waals surface area (Å²) in [6.45, 7) is -0.246. The van der Waals surface area contributed by atoms with Gasteiger partial charge in [-0.15, -0.1) is 0 Å². The van der Waals surface area contributed by atoms with E-state index in [9.17, 15) is 13.6 Å². The van der Waals surface area contributed by atoms with Gasteiger partial charge in [-0.25, -0.2) is 8.78 Å². The van der Waals surface area contributed by atoms with Gasteiger partial charge in [0.15, 0.2) is 23.7 Å². The second kappa shape index (κ2) is 10.1. The number of carbonyl (C=O) groups is 1. The molecule has 9 heteroatoms. The number of aliphatic hydroxyl groups excluding tert-OH is 1. The minimum atomic E-state index is -1.44. The summed E-state index contributed by atoms with van der Waals surface area (Å²) in [7, 11) is 0. The molecular weight excluding hydrogens is 309 g/mol. The fourth-order valence-corrected chi connectivity index (χ4v) is 0.827. The molecule has 0 fully saturated rings. The molecule has 2 rings (SSSR count). The first-order valence-electron chi connectivity index (χ1n) is 4.49. The molecule has 6 nitrogen and oxygen atoms in total. The van der Waals surface area contributed by atoms with E-state index in [1.807, 2.05) is 0 Å². The van der Waals surface area contributed by atoms with E-state index in [-0.39, 0.29) is 18.1 Å². The van der Waals surface area contributed by atoms with Gasteiger partial charge in [0.1, 0.15) is 24.9 Å². The molecule has 2 aromatic rings. The maximum atomic E-state index is 11.9. The molecule has 2 heterocycles. The third-order valence-corrected chi connectivity index (χ3v) is 1.48. The Balaban J connectivity index is 0.000000284. The number of furan rings is 2. The number of hydrogen-bond donors (Lipinski definition) is 1. The molecule has 0 radical (unpaired) electrons. The van der Waals surface area contributed by atoms with Crippen LogP contribution in [0.5, 0.6) is 0 Å². The van der Waals surface area contributed by atoms with Crippen LogP contribution in [0.3, 0.4) is 0 Å². The number of hydrogen-bond acceptors (Lipinski definition) is 6. The predicted octanol–water partition coefficient (Wildman–Crippen LogP) is 1.90. The van der Waals surface area contributed by atoms with Crippen LogP contribution in [0.4, 0.5) is 8.78 Å². The van der Waals surface area contributed by atoms with E-state index >= 15 is 0 Å². The Hall–Kier alpha value is -1.83. The molecule has 0 saturated carbocycles. The molecule has 0 amide bonds. The van der Waals surface area contributed by atoms with Crippen molar-refractivity contribution < 1.29 is 50.0 Å². The van der Waals surface area contributed by atoms with Crippen molar-refractivity contribution in [3.8, 4) is 0 Å². The van der Waals surface area contributed by atoms with E-state index < -0.39 is 26.5 Å². The van der Waals surface area contributed by atoms with Crippen LogP contribution in [0.25, 0.3) is 0 Å². The summed E-state index contributed by atoms with van der Waals surface area (Å²) >= 11 is -1.44. The Kier molecular flexibility index (Phi) is 9.15. The second-order valence-electron chi connectivity index (χ2n) is 2.74. The van der Waals surface area contributed by atoms with Crippen molar-refractivity contribution in [2.24, 2.45) is 0 Å². The molecule has 0 aliphatic carbocycles. The zero-order chi connectivity index (χ0) is 14.7. The molecule has 0 unspecified atom stereocenters. The Labute approximate surface area is 111 Å². The van der Waals surface area contributed by atoms with E-state index in [0.29, 0.717) is 6.29 Å². The van der Waals surface area contributed by atoms with Crippen molar-refractivity contribution in [3.63, 3.8) is 0 Å². The van der Waals surface area contributed by atoms with Crippen LogP contribution in [-0.4, -0.2) is 11.4 Å². The van der Waals surface area contributed by atoms with Gasteiger partial charge in [0, 0.05) is 12.1 Å². The van der Waals surface area contributed by atoms with Gasteiger partial charge >= 0.3 is 22.5 Å². The fourth-order valence-electron chi connectivity index (χ4n) is 0.827. The average Bonchev–Trinajstić information content (AvgIpc) is 2.99. The van der Waals surface area contributed by atoms with Crippen LogP contribution in [0, 0.1) is 11.6 Å². The Morgan fingerprint density at radius 1 is 1.16 bits per heavy atom. The summed E-state index contributed by atoms with van der Waals surface area (Å²) in [4.78, 5) is 9.76. The van der Waals surface area contributed by atoms with Crippen molar-refractivity contribution in [2.45, 2.75) is 6.61 Å². The van der Waals surface area contributed by atoms with E-state index in [0.717, 1.165) is 24.7 Å². The van der Waals surface area contributed by atoms with E-state index in [1.165, 1.54) is 0 Å².